The number of thiophene rings is 1. The van der Waals surface area contributed by atoms with Crippen LogP contribution in [0.15, 0.2) is 18.2 Å². The fourth-order valence-corrected chi connectivity index (χ4v) is 4.93. The molecule has 1 aliphatic rings. The Morgan fingerprint density at radius 2 is 1.96 bits per heavy atom. The van der Waals surface area contributed by atoms with E-state index in [4.69, 9.17) is 27.9 Å². The summed E-state index contributed by atoms with van der Waals surface area (Å²) in [6.07, 6.45) is 0.790. The first-order valence-corrected chi connectivity index (χ1v) is 9.84. The van der Waals surface area contributed by atoms with E-state index in [1.54, 1.807) is 6.07 Å². The number of benzene rings is 1. The second-order valence-electron chi connectivity index (χ2n) is 6.09. The maximum absolute atomic E-state index is 12.6. The summed E-state index contributed by atoms with van der Waals surface area (Å²) in [5.41, 5.74) is 1.79. The van der Waals surface area contributed by atoms with Gasteiger partial charge in [0, 0.05) is 22.0 Å². The first-order chi connectivity index (χ1) is 12.4. The second-order valence-corrected chi connectivity index (χ2v) is 8.07. The Morgan fingerprint density at radius 1 is 1.27 bits per heavy atom. The zero-order valence-corrected chi connectivity index (χ0v) is 16.8. The first kappa shape index (κ1) is 19.2. The number of hydrogen-bond donors (Lipinski definition) is 2. The standard InChI is InChI=1S/C18H18Cl2N2O3S/c1-3-22-5-4-13-14(9-22)26-17(15(13)18(24)25-2)21-16(23)10-6-11(19)8-12(20)7-10/h6-8H,3-5,9H2,1-2H3,(H,21,23)/p+1. The molecule has 8 heteroatoms. The van der Waals surface area contributed by atoms with Gasteiger partial charge in [-0.1, -0.05) is 23.2 Å². The van der Waals surface area contributed by atoms with E-state index in [1.807, 2.05) is 0 Å². The average Bonchev–Trinajstić information content (AvgIpc) is 2.96. The van der Waals surface area contributed by atoms with Gasteiger partial charge in [-0.25, -0.2) is 4.79 Å². The van der Waals surface area contributed by atoms with Crippen LogP contribution in [0.5, 0.6) is 0 Å². The van der Waals surface area contributed by atoms with Crippen molar-refractivity contribution >= 4 is 51.4 Å². The maximum atomic E-state index is 12.6. The molecule has 2 N–H and O–H groups in total. The molecule has 1 amide bonds. The Bertz CT molecular complexity index is 846. The number of likely N-dealkylation sites (N-methyl/N-ethyl adjacent to an activating group) is 1. The zero-order valence-electron chi connectivity index (χ0n) is 14.4. The third-order valence-corrected chi connectivity index (χ3v) is 6.06. The van der Waals surface area contributed by atoms with Crippen molar-refractivity contribution in [2.24, 2.45) is 0 Å². The molecular weight excluding hydrogens is 395 g/mol. The fraction of sp³-hybridized carbons (Fsp3) is 0.333. The van der Waals surface area contributed by atoms with Crippen LogP contribution in [0.25, 0.3) is 0 Å². The summed E-state index contributed by atoms with van der Waals surface area (Å²) in [6.45, 7) is 4.97. The predicted octanol–water partition coefficient (Wildman–Crippen LogP) is 3.05. The molecule has 26 heavy (non-hydrogen) atoms. The normalized spacial score (nSPS) is 16.1. The van der Waals surface area contributed by atoms with E-state index in [9.17, 15) is 9.59 Å². The van der Waals surface area contributed by atoms with Crippen LogP contribution >= 0.6 is 34.5 Å². The molecule has 138 valence electrons. The number of esters is 1. The van der Waals surface area contributed by atoms with Crippen molar-refractivity contribution in [2.45, 2.75) is 19.9 Å². The van der Waals surface area contributed by atoms with Crippen LogP contribution in [-0.4, -0.2) is 32.1 Å². The molecule has 0 bridgehead atoms. The molecule has 0 fully saturated rings. The number of rotatable bonds is 4. The Hall–Kier alpha value is -1.60. The van der Waals surface area contributed by atoms with Crippen LogP contribution in [0.3, 0.4) is 0 Å². The largest absolute Gasteiger partial charge is 0.465 e. The van der Waals surface area contributed by atoms with E-state index >= 15 is 0 Å². The predicted molar refractivity (Wildman–Crippen MR) is 104 cm³/mol. The molecule has 1 unspecified atom stereocenters. The van der Waals surface area contributed by atoms with Crippen molar-refractivity contribution < 1.29 is 19.2 Å². The van der Waals surface area contributed by atoms with Crippen molar-refractivity contribution in [1.82, 2.24) is 0 Å². The summed E-state index contributed by atoms with van der Waals surface area (Å²) in [7, 11) is 1.35. The second kappa shape index (κ2) is 7.96. The third-order valence-electron chi connectivity index (χ3n) is 4.47. The number of amides is 1. The molecule has 0 spiro atoms. The number of hydrogen-bond acceptors (Lipinski definition) is 4. The molecule has 2 aromatic rings. The first-order valence-electron chi connectivity index (χ1n) is 8.26. The summed E-state index contributed by atoms with van der Waals surface area (Å²) in [5, 5.41) is 4.11. The third kappa shape index (κ3) is 3.88. The summed E-state index contributed by atoms with van der Waals surface area (Å²) in [5.74, 6) is -0.792. The Balaban J connectivity index is 1.95. The van der Waals surface area contributed by atoms with Crippen molar-refractivity contribution in [3.05, 3.63) is 49.8 Å². The summed E-state index contributed by atoms with van der Waals surface area (Å²) in [4.78, 5) is 27.5. The number of quaternary nitrogens is 1. The van der Waals surface area contributed by atoms with Gasteiger partial charge in [0.25, 0.3) is 5.91 Å². The van der Waals surface area contributed by atoms with Gasteiger partial charge in [0.1, 0.15) is 11.5 Å². The number of ether oxygens (including phenoxy) is 1. The van der Waals surface area contributed by atoms with Gasteiger partial charge in [-0.15, -0.1) is 11.3 Å². The monoisotopic (exact) mass is 413 g/mol. The van der Waals surface area contributed by atoms with E-state index in [-0.39, 0.29) is 5.91 Å². The fourth-order valence-electron chi connectivity index (χ4n) is 3.10. The number of anilines is 1. The van der Waals surface area contributed by atoms with Crippen LogP contribution in [0.2, 0.25) is 10.0 Å². The molecule has 1 aliphatic heterocycles. The van der Waals surface area contributed by atoms with Crippen LogP contribution in [0.4, 0.5) is 5.00 Å². The van der Waals surface area contributed by atoms with E-state index < -0.39 is 5.97 Å². The van der Waals surface area contributed by atoms with Crippen LogP contribution in [0.1, 0.15) is 38.1 Å². The van der Waals surface area contributed by atoms with Crippen LogP contribution in [0, 0.1) is 0 Å². The lowest BCUT2D eigenvalue weighted by atomic mass is 10.0. The number of nitrogens with one attached hydrogen (secondary N) is 2. The van der Waals surface area contributed by atoms with Gasteiger partial charge in [0.2, 0.25) is 0 Å². The van der Waals surface area contributed by atoms with Crippen molar-refractivity contribution in [2.75, 3.05) is 25.5 Å². The highest BCUT2D eigenvalue weighted by atomic mass is 35.5. The molecule has 1 aromatic carbocycles. The molecule has 1 atom stereocenters. The molecule has 1 aromatic heterocycles. The number of fused-ring (bicyclic) bond motifs is 1. The van der Waals surface area contributed by atoms with Crippen LogP contribution in [-0.2, 0) is 17.7 Å². The molecule has 2 heterocycles. The van der Waals surface area contributed by atoms with Gasteiger partial charge < -0.3 is 15.0 Å². The van der Waals surface area contributed by atoms with Gasteiger partial charge in [-0.05, 0) is 30.7 Å². The number of carbonyl (C=O) groups is 2. The van der Waals surface area contributed by atoms with Gasteiger partial charge in [-0.2, -0.15) is 0 Å². The van der Waals surface area contributed by atoms with Gasteiger partial charge in [-0.3, -0.25) is 4.79 Å². The Labute approximate surface area is 165 Å². The van der Waals surface area contributed by atoms with Crippen molar-refractivity contribution in [1.29, 1.82) is 0 Å². The van der Waals surface area contributed by atoms with Gasteiger partial charge in [0.05, 0.1) is 30.6 Å². The van der Waals surface area contributed by atoms with Crippen molar-refractivity contribution in [3.63, 3.8) is 0 Å². The summed E-state index contributed by atoms with van der Waals surface area (Å²) >= 11 is 13.4. The van der Waals surface area contributed by atoms with Gasteiger partial charge >= 0.3 is 5.97 Å². The lowest BCUT2D eigenvalue weighted by Gasteiger charge is -2.22. The molecular formula is C18H19Cl2N2O3S+. The lowest BCUT2D eigenvalue weighted by Crippen LogP contribution is -3.11. The topological polar surface area (TPSA) is 59.8 Å². The van der Waals surface area contributed by atoms with E-state index in [0.29, 0.717) is 26.2 Å². The highest BCUT2D eigenvalue weighted by molar-refractivity contribution is 7.17. The quantitative estimate of drug-likeness (QED) is 0.757. The van der Waals surface area contributed by atoms with E-state index in [0.717, 1.165) is 36.5 Å². The van der Waals surface area contributed by atoms with Crippen molar-refractivity contribution in [3.8, 4) is 0 Å². The van der Waals surface area contributed by atoms with Crippen LogP contribution < -0.4 is 10.2 Å². The number of carbonyl (C=O) groups excluding carboxylic acids is 2. The number of methoxy groups -OCH3 is 1. The lowest BCUT2D eigenvalue weighted by molar-refractivity contribution is -0.913. The van der Waals surface area contributed by atoms with E-state index in [1.165, 1.54) is 35.5 Å². The SMILES string of the molecule is CC[NH+]1CCc2c(sc(NC(=O)c3cc(Cl)cc(Cl)c3)c2C(=O)OC)C1. The molecule has 0 saturated carbocycles. The summed E-state index contributed by atoms with van der Waals surface area (Å²) in [6, 6.07) is 4.64. The average molecular weight is 414 g/mol. The zero-order chi connectivity index (χ0) is 18.8. The smallest absolute Gasteiger partial charge is 0.341 e. The minimum Gasteiger partial charge on any atom is -0.465 e. The Kier molecular flexibility index (Phi) is 5.87. The molecule has 3 rings (SSSR count). The molecule has 5 nitrogen and oxygen atoms in total. The highest BCUT2D eigenvalue weighted by Gasteiger charge is 2.30. The summed E-state index contributed by atoms with van der Waals surface area (Å²) < 4.78 is 4.95. The maximum Gasteiger partial charge on any atom is 0.341 e. The minimum atomic E-state index is -0.429. The molecule has 0 saturated heterocycles. The Morgan fingerprint density at radius 3 is 2.58 bits per heavy atom. The van der Waals surface area contributed by atoms with E-state index in [2.05, 4.69) is 12.2 Å². The molecule has 0 aliphatic carbocycles. The molecule has 0 radical (unpaired) electrons. The van der Waals surface area contributed by atoms with Gasteiger partial charge in [0.15, 0.2) is 0 Å². The minimum absolute atomic E-state index is 0.338. The highest BCUT2D eigenvalue weighted by Crippen LogP contribution is 2.35. The number of halogens is 2.